The summed E-state index contributed by atoms with van der Waals surface area (Å²) in [5.74, 6) is -13.6. The van der Waals surface area contributed by atoms with Crippen molar-refractivity contribution in [3.05, 3.63) is 53.1 Å². The van der Waals surface area contributed by atoms with Gasteiger partial charge in [-0.1, -0.05) is 0 Å². The van der Waals surface area contributed by atoms with Crippen LogP contribution in [0.15, 0.2) is 36.4 Å². The number of hydrogen-bond donors (Lipinski definition) is 1. The Hall–Kier alpha value is -8.57. The van der Waals surface area contributed by atoms with E-state index in [2.05, 4.69) is 10.1 Å². The van der Waals surface area contributed by atoms with Gasteiger partial charge in [-0.15, -0.1) is 0 Å². The SMILES string of the molecule is COC(=O)CC[C@H](NC(=O)COc1c(OC(C)=O)cc(C(=O)O[C@@H]2Cc3c(OC(C)=O)cc(OC(C)=O)cc3O[C@@H]2c2cc(OC(C)=O)c(OC(C)=O)c(OC(C)=O)c2)cc1OC(C)=O)C(=O)OC. The van der Waals surface area contributed by atoms with E-state index in [-0.39, 0.29) is 47.6 Å². The highest BCUT2D eigenvalue weighted by Crippen LogP contribution is 2.48. The third-order valence-electron chi connectivity index (χ3n) is 8.83. The fourth-order valence-electron chi connectivity index (χ4n) is 6.38. The monoisotopic (exact) mass is 967 g/mol. The topological polar surface area (TPSA) is 311 Å². The summed E-state index contributed by atoms with van der Waals surface area (Å²) in [7, 11) is 2.18. The highest BCUT2D eigenvalue weighted by atomic mass is 16.6. The first kappa shape index (κ1) is 53.0. The lowest BCUT2D eigenvalue weighted by atomic mass is 9.93. The molecule has 69 heavy (non-hydrogen) atoms. The number of fused-ring (bicyclic) bond motifs is 1. The molecule has 1 aliphatic rings. The summed E-state index contributed by atoms with van der Waals surface area (Å²) in [5.41, 5.74) is -0.443. The van der Waals surface area contributed by atoms with Gasteiger partial charge in [-0.3, -0.25) is 43.2 Å². The number of methoxy groups -OCH3 is 2. The number of carbonyl (C=O) groups excluding carboxylic acids is 11. The van der Waals surface area contributed by atoms with Crippen LogP contribution in [0.5, 0.6) is 51.7 Å². The summed E-state index contributed by atoms with van der Waals surface area (Å²) < 4.78 is 64.5. The van der Waals surface area contributed by atoms with E-state index in [1.807, 2.05) is 0 Å². The van der Waals surface area contributed by atoms with Crippen LogP contribution in [0.25, 0.3) is 0 Å². The smallest absolute Gasteiger partial charge is 0.338 e. The molecule has 0 spiro atoms. The highest BCUT2D eigenvalue weighted by molar-refractivity contribution is 5.92. The summed E-state index contributed by atoms with van der Waals surface area (Å²) in [6.45, 7) is 6.29. The molecule has 0 unspecified atom stereocenters. The number of nitrogens with one attached hydrogen (secondary N) is 1. The molecule has 4 rings (SSSR count). The Morgan fingerprint density at radius 1 is 0.594 bits per heavy atom. The average Bonchev–Trinajstić information content (AvgIpc) is 3.23. The van der Waals surface area contributed by atoms with Crippen molar-refractivity contribution in [1.29, 1.82) is 0 Å². The Bertz CT molecular complexity index is 2510. The average molecular weight is 968 g/mol. The molecule has 1 heterocycles. The van der Waals surface area contributed by atoms with E-state index in [1.54, 1.807) is 0 Å². The van der Waals surface area contributed by atoms with Crippen LogP contribution in [0.1, 0.15) is 88.9 Å². The standard InChI is InChI=1S/C45H45NO23/c1-20(47)61-29-16-32(62-21(2)48)30-18-38(41(68-33(30)17-29)27-12-36(65-24(5)51)43(67-26(7)53)37(13-27)66-25(6)52)69-44(56)28-14-34(63-22(3)49)42(35(15-28)64-23(4)50)60-19-39(54)46-31(45(57)59-9)10-11-40(55)58-8/h12-17,31,38,41H,10-11,18-19H2,1-9H3,(H,46,54)/t31-,38+,41+/m0/s1. The van der Waals surface area contributed by atoms with Gasteiger partial charge in [-0.05, 0) is 30.7 Å². The van der Waals surface area contributed by atoms with E-state index in [0.29, 0.717) is 0 Å². The number of hydrogen-bond acceptors (Lipinski definition) is 23. The van der Waals surface area contributed by atoms with Crippen LogP contribution in [0.4, 0.5) is 0 Å². The molecule has 0 radical (unpaired) electrons. The van der Waals surface area contributed by atoms with E-state index in [1.165, 1.54) is 12.1 Å². The van der Waals surface area contributed by atoms with E-state index in [4.69, 9.17) is 52.1 Å². The molecule has 0 saturated heterocycles. The molecule has 368 valence electrons. The Labute approximate surface area is 391 Å². The zero-order valence-corrected chi connectivity index (χ0v) is 38.4. The second-order valence-electron chi connectivity index (χ2n) is 14.4. The van der Waals surface area contributed by atoms with Crippen LogP contribution in [-0.2, 0) is 68.6 Å². The van der Waals surface area contributed by atoms with Crippen LogP contribution >= 0.6 is 0 Å². The van der Waals surface area contributed by atoms with Crippen molar-refractivity contribution in [2.75, 3.05) is 20.8 Å². The van der Waals surface area contributed by atoms with Crippen molar-refractivity contribution in [2.24, 2.45) is 0 Å². The predicted molar refractivity (Wildman–Crippen MR) is 225 cm³/mol. The Kier molecular flexibility index (Phi) is 18.3. The number of benzene rings is 3. The zero-order chi connectivity index (χ0) is 51.3. The maximum absolute atomic E-state index is 14.4. The molecule has 24 heteroatoms. The number of rotatable bonds is 18. The van der Waals surface area contributed by atoms with E-state index in [0.717, 1.165) is 87.0 Å². The number of carbonyl (C=O) groups is 11. The van der Waals surface area contributed by atoms with Gasteiger partial charge in [0, 0.05) is 84.6 Å². The summed E-state index contributed by atoms with van der Waals surface area (Å²) in [6, 6.07) is 5.30. The van der Waals surface area contributed by atoms with Gasteiger partial charge in [0.1, 0.15) is 29.4 Å². The molecule has 0 saturated carbocycles. The van der Waals surface area contributed by atoms with Crippen molar-refractivity contribution in [3.63, 3.8) is 0 Å². The van der Waals surface area contributed by atoms with Gasteiger partial charge in [0.15, 0.2) is 35.7 Å². The van der Waals surface area contributed by atoms with Gasteiger partial charge in [0.05, 0.1) is 19.8 Å². The van der Waals surface area contributed by atoms with Gasteiger partial charge >= 0.3 is 59.7 Å². The normalized spacial score (nSPS) is 13.8. The van der Waals surface area contributed by atoms with Gasteiger partial charge < -0.3 is 62.2 Å². The maximum Gasteiger partial charge on any atom is 0.338 e. The second kappa shape index (κ2) is 23.7. The molecule has 1 aliphatic heterocycles. The summed E-state index contributed by atoms with van der Waals surface area (Å²) in [6.07, 6.45) is -3.91. The van der Waals surface area contributed by atoms with Crippen LogP contribution in [0, 0.1) is 0 Å². The molecule has 3 aromatic rings. The van der Waals surface area contributed by atoms with Crippen molar-refractivity contribution in [1.82, 2.24) is 5.32 Å². The lowest BCUT2D eigenvalue weighted by Gasteiger charge is -2.34. The number of ether oxygens (including phenoxy) is 12. The first-order valence-corrected chi connectivity index (χ1v) is 20.2. The zero-order valence-electron chi connectivity index (χ0n) is 38.4. The Balaban J connectivity index is 1.87. The molecule has 1 amide bonds. The predicted octanol–water partition coefficient (Wildman–Crippen LogP) is 3.06. The maximum atomic E-state index is 14.4. The van der Waals surface area contributed by atoms with Gasteiger partial charge in [-0.2, -0.15) is 0 Å². The van der Waals surface area contributed by atoms with Crippen LogP contribution in [0.3, 0.4) is 0 Å². The molecule has 0 bridgehead atoms. The van der Waals surface area contributed by atoms with Crippen LogP contribution < -0.4 is 47.9 Å². The van der Waals surface area contributed by atoms with Crippen molar-refractivity contribution < 1.29 is 110 Å². The van der Waals surface area contributed by atoms with Crippen molar-refractivity contribution in [2.45, 2.75) is 86.0 Å². The Morgan fingerprint density at radius 3 is 1.57 bits per heavy atom. The van der Waals surface area contributed by atoms with E-state index < -0.39 is 131 Å². The molecule has 0 aliphatic carbocycles. The molecule has 3 atom stereocenters. The molecule has 0 aromatic heterocycles. The minimum absolute atomic E-state index is 0.0586. The fourth-order valence-corrected chi connectivity index (χ4v) is 6.38. The summed E-state index contributed by atoms with van der Waals surface area (Å²) >= 11 is 0. The molecular formula is C45H45NO23. The van der Waals surface area contributed by atoms with Gasteiger partial charge in [0.2, 0.25) is 11.5 Å². The van der Waals surface area contributed by atoms with Crippen molar-refractivity contribution in [3.8, 4) is 51.7 Å². The molecular weight excluding hydrogens is 922 g/mol. The molecule has 0 fully saturated rings. The summed E-state index contributed by atoms with van der Waals surface area (Å²) in [5, 5.41) is 2.33. The third-order valence-corrected chi connectivity index (χ3v) is 8.83. The molecule has 24 nitrogen and oxygen atoms in total. The quantitative estimate of drug-likeness (QED) is 0.109. The van der Waals surface area contributed by atoms with E-state index >= 15 is 0 Å². The Morgan fingerprint density at radius 2 is 1.09 bits per heavy atom. The fraction of sp³-hybridized carbons (Fsp3) is 0.356. The molecule has 1 N–H and O–H groups in total. The number of amides is 1. The van der Waals surface area contributed by atoms with Crippen LogP contribution in [-0.4, -0.2) is 98.6 Å². The van der Waals surface area contributed by atoms with Crippen molar-refractivity contribution >= 4 is 65.6 Å². The first-order valence-electron chi connectivity index (χ1n) is 20.2. The van der Waals surface area contributed by atoms with Crippen LogP contribution in [0.2, 0.25) is 0 Å². The van der Waals surface area contributed by atoms with E-state index in [9.17, 15) is 52.7 Å². The highest BCUT2D eigenvalue weighted by Gasteiger charge is 2.39. The largest absolute Gasteiger partial charge is 0.481 e. The number of esters is 10. The minimum atomic E-state index is -1.52. The third kappa shape index (κ3) is 15.2. The van der Waals surface area contributed by atoms with Gasteiger partial charge in [0.25, 0.3) is 5.91 Å². The summed E-state index contributed by atoms with van der Waals surface area (Å²) in [4.78, 5) is 137. The lowest BCUT2D eigenvalue weighted by molar-refractivity contribution is -0.147. The molecule has 3 aromatic carbocycles. The van der Waals surface area contributed by atoms with Gasteiger partial charge in [-0.25, -0.2) is 9.59 Å². The minimum Gasteiger partial charge on any atom is -0.481 e. The lowest BCUT2D eigenvalue weighted by Crippen LogP contribution is -2.43. The first-order chi connectivity index (χ1) is 32.5. The second-order valence-corrected chi connectivity index (χ2v) is 14.4.